The highest BCUT2D eigenvalue weighted by Crippen LogP contribution is 2.21. The molecule has 0 aliphatic heterocycles. The highest BCUT2D eigenvalue weighted by Gasteiger charge is 2.19. The van der Waals surface area contributed by atoms with Gasteiger partial charge in [-0.05, 0) is 66.9 Å². The molecule has 0 saturated carbocycles. The lowest BCUT2D eigenvalue weighted by atomic mass is 10.1. The van der Waals surface area contributed by atoms with Gasteiger partial charge in [-0.15, -0.1) is 0 Å². The van der Waals surface area contributed by atoms with E-state index in [2.05, 4.69) is 60.5 Å². The zero-order valence-electron chi connectivity index (χ0n) is 16.7. The van der Waals surface area contributed by atoms with E-state index in [0.717, 1.165) is 23.2 Å². The maximum absolute atomic E-state index is 10.6. The van der Waals surface area contributed by atoms with Crippen LogP contribution in [0.25, 0.3) is 21.8 Å². The summed E-state index contributed by atoms with van der Waals surface area (Å²) in [6.45, 7) is 8.06. The Labute approximate surface area is 165 Å². The summed E-state index contributed by atoms with van der Waals surface area (Å²) in [6.07, 6.45) is 1.50. The van der Waals surface area contributed by atoms with Gasteiger partial charge in [0.25, 0.3) is 0 Å². The first-order valence-corrected chi connectivity index (χ1v) is 9.84. The molecule has 0 fully saturated rings. The molecule has 1 unspecified atom stereocenters. The van der Waals surface area contributed by atoms with Crippen molar-refractivity contribution in [2.75, 3.05) is 6.61 Å². The van der Waals surface area contributed by atoms with Crippen LogP contribution in [0.5, 0.6) is 5.75 Å². The number of aliphatic hydroxyl groups is 1. The van der Waals surface area contributed by atoms with Crippen molar-refractivity contribution < 1.29 is 14.4 Å². The fraction of sp³-hybridized carbons (Fsp3) is 0.292. The van der Waals surface area contributed by atoms with E-state index in [-0.39, 0.29) is 6.61 Å². The predicted molar refractivity (Wildman–Crippen MR) is 113 cm³/mol. The quantitative estimate of drug-likeness (QED) is 0.514. The van der Waals surface area contributed by atoms with Gasteiger partial charge in [0.2, 0.25) is 6.33 Å². The van der Waals surface area contributed by atoms with Gasteiger partial charge in [0.15, 0.2) is 11.0 Å². The summed E-state index contributed by atoms with van der Waals surface area (Å²) in [7, 11) is 0. The third-order valence-electron chi connectivity index (χ3n) is 5.40. The SMILES string of the molecule is CCn1c[n+](CC(O)COc2ccc3ccccc3c2)c2cc(C)c(C)cc21. The molecular formula is C24H27N2O2+. The lowest BCUT2D eigenvalue weighted by Gasteiger charge is -2.12. The van der Waals surface area contributed by atoms with Crippen LogP contribution in [0.2, 0.25) is 0 Å². The molecule has 4 nitrogen and oxygen atoms in total. The molecule has 1 atom stereocenters. The molecule has 1 aromatic heterocycles. The molecule has 4 aromatic rings. The molecule has 28 heavy (non-hydrogen) atoms. The van der Waals surface area contributed by atoms with E-state index >= 15 is 0 Å². The Kier molecular flexibility index (Phi) is 5.05. The zero-order chi connectivity index (χ0) is 19.7. The molecule has 1 N–H and O–H groups in total. The Balaban J connectivity index is 1.50. The average Bonchev–Trinajstić information content (AvgIpc) is 3.03. The van der Waals surface area contributed by atoms with Crippen molar-refractivity contribution in [1.82, 2.24) is 4.57 Å². The lowest BCUT2D eigenvalue weighted by Crippen LogP contribution is -2.41. The van der Waals surface area contributed by atoms with Crippen molar-refractivity contribution in [3.05, 3.63) is 72.1 Å². The largest absolute Gasteiger partial charge is 0.491 e. The van der Waals surface area contributed by atoms with Gasteiger partial charge in [0.05, 0.1) is 6.54 Å². The van der Waals surface area contributed by atoms with Gasteiger partial charge in [0.1, 0.15) is 25.0 Å². The monoisotopic (exact) mass is 375 g/mol. The van der Waals surface area contributed by atoms with Crippen LogP contribution < -0.4 is 9.30 Å². The second kappa shape index (κ2) is 7.64. The molecule has 1 heterocycles. The third kappa shape index (κ3) is 3.60. The Morgan fingerprint density at radius 3 is 2.54 bits per heavy atom. The van der Waals surface area contributed by atoms with Crippen molar-refractivity contribution in [2.24, 2.45) is 0 Å². The van der Waals surface area contributed by atoms with Crippen LogP contribution in [0.3, 0.4) is 0 Å². The number of aryl methyl sites for hydroxylation is 3. The zero-order valence-corrected chi connectivity index (χ0v) is 16.7. The van der Waals surface area contributed by atoms with E-state index in [1.807, 2.05) is 30.3 Å². The molecule has 3 aromatic carbocycles. The van der Waals surface area contributed by atoms with E-state index in [4.69, 9.17) is 4.74 Å². The second-order valence-electron chi connectivity index (χ2n) is 7.45. The van der Waals surface area contributed by atoms with Gasteiger partial charge in [-0.2, -0.15) is 0 Å². The summed E-state index contributed by atoms with van der Waals surface area (Å²) in [5.74, 6) is 0.783. The fourth-order valence-electron chi connectivity index (χ4n) is 3.67. The van der Waals surface area contributed by atoms with Gasteiger partial charge >= 0.3 is 0 Å². The second-order valence-corrected chi connectivity index (χ2v) is 7.45. The van der Waals surface area contributed by atoms with E-state index in [1.165, 1.54) is 22.0 Å². The number of ether oxygens (including phenoxy) is 1. The topological polar surface area (TPSA) is 38.3 Å². The third-order valence-corrected chi connectivity index (χ3v) is 5.40. The lowest BCUT2D eigenvalue weighted by molar-refractivity contribution is -0.679. The van der Waals surface area contributed by atoms with Crippen molar-refractivity contribution >= 4 is 21.8 Å². The summed E-state index contributed by atoms with van der Waals surface area (Å²) in [5, 5.41) is 12.9. The Bertz CT molecular complexity index is 1130. The maximum Gasteiger partial charge on any atom is 0.244 e. The van der Waals surface area contributed by atoms with Crippen molar-refractivity contribution in [1.29, 1.82) is 0 Å². The number of hydrogen-bond donors (Lipinski definition) is 1. The minimum absolute atomic E-state index is 0.259. The fourth-order valence-corrected chi connectivity index (χ4v) is 3.67. The minimum Gasteiger partial charge on any atom is -0.491 e. The number of fused-ring (bicyclic) bond motifs is 2. The Morgan fingerprint density at radius 1 is 1.00 bits per heavy atom. The molecule has 0 saturated heterocycles. The Morgan fingerprint density at radius 2 is 1.75 bits per heavy atom. The van der Waals surface area contributed by atoms with E-state index < -0.39 is 6.10 Å². The highest BCUT2D eigenvalue weighted by molar-refractivity contribution is 5.83. The summed E-state index contributed by atoms with van der Waals surface area (Å²) in [6, 6.07) is 18.6. The molecule has 0 spiro atoms. The summed E-state index contributed by atoms with van der Waals surface area (Å²) in [4.78, 5) is 0. The van der Waals surface area contributed by atoms with E-state index in [9.17, 15) is 5.11 Å². The van der Waals surface area contributed by atoms with Gasteiger partial charge < -0.3 is 9.84 Å². The van der Waals surface area contributed by atoms with Crippen LogP contribution in [0.15, 0.2) is 60.9 Å². The van der Waals surface area contributed by atoms with Gasteiger partial charge in [-0.1, -0.05) is 30.3 Å². The average molecular weight is 375 g/mol. The summed E-state index contributed by atoms with van der Waals surface area (Å²) >= 11 is 0. The molecule has 144 valence electrons. The van der Waals surface area contributed by atoms with Crippen molar-refractivity contribution in [3.63, 3.8) is 0 Å². The standard InChI is InChI=1S/C24H27N2O2/c1-4-25-16-26(24-12-18(3)17(2)11-23(24)25)14-21(27)15-28-22-10-9-19-7-5-6-8-20(19)13-22/h5-13,16,21,27H,4,14-15H2,1-3H3/q+1. The minimum atomic E-state index is -0.589. The van der Waals surface area contributed by atoms with Crippen LogP contribution in [0.1, 0.15) is 18.1 Å². The molecule has 0 radical (unpaired) electrons. The first kappa shape index (κ1) is 18.5. The number of hydrogen-bond acceptors (Lipinski definition) is 2. The van der Waals surface area contributed by atoms with Gasteiger partial charge in [-0.25, -0.2) is 9.13 Å². The number of imidazole rings is 1. The van der Waals surface area contributed by atoms with Gasteiger partial charge in [0, 0.05) is 0 Å². The number of rotatable bonds is 6. The molecule has 4 heteroatoms. The summed E-state index contributed by atoms with van der Waals surface area (Å²) < 4.78 is 10.2. The number of benzene rings is 3. The van der Waals surface area contributed by atoms with Crippen LogP contribution in [0, 0.1) is 13.8 Å². The molecule has 0 aliphatic rings. The van der Waals surface area contributed by atoms with Crippen molar-refractivity contribution in [3.8, 4) is 5.75 Å². The normalized spacial score (nSPS) is 12.6. The van der Waals surface area contributed by atoms with E-state index in [0.29, 0.717) is 6.54 Å². The molecular weight excluding hydrogens is 348 g/mol. The summed E-state index contributed by atoms with van der Waals surface area (Å²) in [5.41, 5.74) is 4.90. The smallest absolute Gasteiger partial charge is 0.244 e. The molecule has 0 aliphatic carbocycles. The van der Waals surface area contributed by atoms with Crippen LogP contribution >= 0.6 is 0 Å². The van der Waals surface area contributed by atoms with Crippen LogP contribution in [0.4, 0.5) is 0 Å². The van der Waals surface area contributed by atoms with Gasteiger partial charge in [-0.3, -0.25) is 0 Å². The molecule has 0 amide bonds. The van der Waals surface area contributed by atoms with Crippen molar-refractivity contribution in [2.45, 2.75) is 40.0 Å². The number of aromatic nitrogens is 2. The predicted octanol–water partition coefficient (Wildman–Crippen LogP) is 4.16. The van der Waals surface area contributed by atoms with E-state index in [1.54, 1.807) is 0 Å². The first-order chi connectivity index (χ1) is 13.5. The van der Waals surface area contributed by atoms with Crippen LogP contribution in [-0.2, 0) is 13.1 Å². The molecule has 4 rings (SSSR count). The first-order valence-electron chi connectivity index (χ1n) is 9.84. The number of nitrogens with zero attached hydrogens (tertiary/aromatic N) is 2. The Hall–Kier alpha value is -2.85. The maximum atomic E-state index is 10.6. The molecule has 0 bridgehead atoms. The van der Waals surface area contributed by atoms with Crippen LogP contribution in [-0.4, -0.2) is 22.4 Å². The number of aliphatic hydroxyl groups excluding tert-OH is 1. The highest BCUT2D eigenvalue weighted by atomic mass is 16.5.